The van der Waals surface area contributed by atoms with Crippen LogP contribution >= 0.6 is 11.6 Å². The molecule has 2 rings (SSSR count). The lowest BCUT2D eigenvalue weighted by atomic mass is 10.2. The highest BCUT2D eigenvalue weighted by molar-refractivity contribution is 6.32. The molecule has 0 unspecified atom stereocenters. The van der Waals surface area contributed by atoms with Crippen LogP contribution in [0.2, 0.25) is 5.02 Å². The van der Waals surface area contributed by atoms with Crippen molar-refractivity contribution in [3.05, 3.63) is 47.0 Å². The Kier molecular flexibility index (Phi) is 3.69. The fourth-order valence-electron chi connectivity index (χ4n) is 1.25. The summed E-state index contributed by atoms with van der Waals surface area (Å²) < 4.78 is 13.4. The molecule has 5 nitrogen and oxygen atoms in total. The van der Waals surface area contributed by atoms with Crippen molar-refractivity contribution in [2.45, 2.75) is 0 Å². The first-order chi connectivity index (χ1) is 8.66. The molecule has 0 bridgehead atoms. The Hall–Kier alpha value is -2.21. The van der Waals surface area contributed by atoms with Crippen molar-refractivity contribution in [1.29, 1.82) is 0 Å². The van der Waals surface area contributed by atoms with E-state index in [2.05, 4.69) is 20.5 Å². The molecule has 7 heteroatoms. The predicted molar refractivity (Wildman–Crippen MR) is 65.5 cm³/mol. The summed E-state index contributed by atoms with van der Waals surface area (Å²) in [5.74, 6) is -0.749. The smallest absolute Gasteiger partial charge is 0.250 e. The van der Waals surface area contributed by atoms with Crippen molar-refractivity contribution >= 4 is 29.5 Å². The van der Waals surface area contributed by atoms with Crippen molar-refractivity contribution in [3.8, 4) is 0 Å². The van der Waals surface area contributed by atoms with Gasteiger partial charge in [-0.1, -0.05) is 17.7 Å². The van der Waals surface area contributed by atoms with E-state index >= 15 is 0 Å². The summed E-state index contributed by atoms with van der Waals surface area (Å²) in [6, 6.07) is 4.29. The number of amides is 1. The monoisotopic (exact) mass is 266 g/mol. The molecule has 0 atom stereocenters. The molecule has 18 heavy (non-hydrogen) atoms. The van der Waals surface area contributed by atoms with Crippen molar-refractivity contribution in [1.82, 2.24) is 15.2 Å². The Labute approximate surface area is 107 Å². The van der Waals surface area contributed by atoms with Gasteiger partial charge in [0.1, 0.15) is 12.1 Å². The summed E-state index contributed by atoms with van der Waals surface area (Å²) in [5, 5.41) is 8.67. The Morgan fingerprint density at radius 3 is 3.00 bits per heavy atom. The number of nitrogens with zero attached hydrogens (tertiary/aromatic N) is 2. The van der Waals surface area contributed by atoms with Gasteiger partial charge in [-0.3, -0.25) is 10.1 Å². The van der Waals surface area contributed by atoms with E-state index in [4.69, 9.17) is 11.6 Å². The number of carbonyl (C=O) groups is 1. The van der Waals surface area contributed by atoms with Crippen LogP contribution in [0.1, 0.15) is 5.56 Å². The number of H-pyrrole nitrogens is 1. The van der Waals surface area contributed by atoms with E-state index < -0.39 is 11.7 Å². The first-order valence-corrected chi connectivity index (χ1v) is 5.33. The zero-order valence-corrected chi connectivity index (χ0v) is 9.78. The third-order valence-electron chi connectivity index (χ3n) is 2.06. The molecule has 2 aromatic rings. The number of hydrogen-bond donors (Lipinski definition) is 2. The molecule has 1 heterocycles. The van der Waals surface area contributed by atoms with Gasteiger partial charge in [-0.15, -0.1) is 0 Å². The lowest BCUT2D eigenvalue weighted by molar-refractivity contribution is -0.111. The predicted octanol–water partition coefficient (Wildman–Crippen LogP) is 2.25. The molecule has 0 saturated heterocycles. The third-order valence-corrected chi connectivity index (χ3v) is 2.39. The van der Waals surface area contributed by atoms with Gasteiger partial charge < -0.3 is 0 Å². The maximum Gasteiger partial charge on any atom is 0.250 e. The highest BCUT2D eigenvalue weighted by atomic mass is 35.5. The zero-order valence-electron chi connectivity index (χ0n) is 9.02. The molecule has 1 aromatic carbocycles. The van der Waals surface area contributed by atoms with Crippen LogP contribution in [-0.4, -0.2) is 21.1 Å². The Bertz CT molecular complexity index is 562. The minimum absolute atomic E-state index is 0.159. The Balaban J connectivity index is 2.09. The summed E-state index contributed by atoms with van der Waals surface area (Å²) >= 11 is 5.80. The van der Waals surface area contributed by atoms with Crippen LogP contribution in [-0.2, 0) is 4.79 Å². The van der Waals surface area contributed by atoms with Crippen LogP contribution in [0, 0.1) is 5.82 Å². The molecule has 1 aromatic heterocycles. The number of aromatic amines is 1. The quantitative estimate of drug-likeness (QED) is 0.837. The van der Waals surface area contributed by atoms with Crippen molar-refractivity contribution in [2.75, 3.05) is 5.32 Å². The molecule has 0 spiro atoms. The zero-order chi connectivity index (χ0) is 13.0. The van der Waals surface area contributed by atoms with Gasteiger partial charge in [0.2, 0.25) is 5.95 Å². The van der Waals surface area contributed by atoms with Crippen LogP contribution in [0.4, 0.5) is 10.3 Å². The molecule has 0 radical (unpaired) electrons. The SMILES string of the molecule is O=C(C=Cc1c(F)cccc1Cl)Nc1ncn[nH]1. The minimum atomic E-state index is -0.494. The number of hydrogen-bond acceptors (Lipinski definition) is 3. The number of rotatable bonds is 3. The van der Waals surface area contributed by atoms with Gasteiger partial charge in [0.15, 0.2) is 0 Å². The minimum Gasteiger partial charge on any atom is -0.291 e. The number of carbonyl (C=O) groups excluding carboxylic acids is 1. The molecule has 1 amide bonds. The lowest BCUT2D eigenvalue weighted by Gasteiger charge is -1.99. The topological polar surface area (TPSA) is 70.7 Å². The summed E-state index contributed by atoms with van der Waals surface area (Å²) in [6.07, 6.45) is 3.71. The highest BCUT2D eigenvalue weighted by Crippen LogP contribution is 2.20. The standard InChI is InChI=1S/C11H8ClFN4O/c12-8-2-1-3-9(13)7(8)4-5-10(18)16-11-14-6-15-17-11/h1-6H,(H2,14,15,16,17,18). The number of benzene rings is 1. The Morgan fingerprint density at radius 1 is 1.50 bits per heavy atom. The third kappa shape index (κ3) is 2.92. The first kappa shape index (κ1) is 12.3. The first-order valence-electron chi connectivity index (χ1n) is 4.95. The molecule has 0 aliphatic rings. The Morgan fingerprint density at radius 2 is 2.33 bits per heavy atom. The fraction of sp³-hybridized carbons (Fsp3) is 0. The average Bonchev–Trinajstić information content (AvgIpc) is 2.81. The molecule has 2 N–H and O–H groups in total. The maximum atomic E-state index is 13.4. The lowest BCUT2D eigenvalue weighted by Crippen LogP contribution is -2.09. The summed E-state index contributed by atoms with van der Waals surface area (Å²) in [6.45, 7) is 0. The van der Waals surface area contributed by atoms with Gasteiger partial charge in [-0.25, -0.2) is 9.49 Å². The van der Waals surface area contributed by atoms with E-state index in [1.54, 1.807) is 6.07 Å². The molecule has 0 saturated carbocycles. The largest absolute Gasteiger partial charge is 0.291 e. The average molecular weight is 267 g/mol. The molecular formula is C11H8ClFN4O. The summed E-state index contributed by atoms with van der Waals surface area (Å²) in [5.41, 5.74) is 0.159. The van der Waals surface area contributed by atoms with Gasteiger partial charge in [0, 0.05) is 11.6 Å². The second-order valence-electron chi connectivity index (χ2n) is 3.29. The van der Waals surface area contributed by atoms with E-state index in [1.165, 1.54) is 24.5 Å². The second-order valence-corrected chi connectivity index (χ2v) is 3.70. The van der Waals surface area contributed by atoms with Crippen molar-refractivity contribution in [3.63, 3.8) is 0 Å². The molecule has 0 fully saturated rings. The fourth-order valence-corrected chi connectivity index (χ4v) is 1.48. The second kappa shape index (κ2) is 5.42. The van der Waals surface area contributed by atoms with Gasteiger partial charge >= 0.3 is 0 Å². The normalized spacial score (nSPS) is 10.8. The molecule has 92 valence electrons. The summed E-state index contributed by atoms with van der Waals surface area (Å²) in [7, 11) is 0. The maximum absolute atomic E-state index is 13.4. The molecular weight excluding hydrogens is 259 g/mol. The van der Waals surface area contributed by atoms with E-state index in [9.17, 15) is 9.18 Å². The molecule has 0 aliphatic heterocycles. The van der Waals surface area contributed by atoms with Crippen LogP contribution in [0.5, 0.6) is 0 Å². The number of aromatic nitrogens is 3. The van der Waals surface area contributed by atoms with Crippen LogP contribution in [0.15, 0.2) is 30.6 Å². The van der Waals surface area contributed by atoms with Gasteiger partial charge in [0.05, 0.1) is 5.02 Å². The van der Waals surface area contributed by atoms with Gasteiger partial charge in [-0.2, -0.15) is 10.1 Å². The summed E-state index contributed by atoms with van der Waals surface area (Å²) in [4.78, 5) is 15.2. The highest BCUT2D eigenvalue weighted by Gasteiger charge is 2.04. The van der Waals surface area contributed by atoms with Crippen molar-refractivity contribution < 1.29 is 9.18 Å². The van der Waals surface area contributed by atoms with Crippen molar-refractivity contribution in [2.24, 2.45) is 0 Å². The van der Waals surface area contributed by atoms with Gasteiger partial charge in [0.25, 0.3) is 5.91 Å². The van der Waals surface area contributed by atoms with Crippen LogP contribution < -0.4 is 5.32 Å². The molecule has 0 aliphatic carbocycles. The number of halogens is 2. The van der Waals surface area contributed by atoms with E-state index in [0.717, 1.165) is 6.08 Å². The van der Waals surface area contributed by atoms with E-state index in [0.29, 0.717) is 0 Å². The number of anilines is 1. The van der Waals surface area contributed by atoms with Crippen LogP contribution in [0.25, 0.3) is 6.08 Å². The van der Waals surface area contributed by atoms with E-state index in [1.807, 2.05) is 0 Å². The number of nitrogens with one attached hydrogen (secondary N) is 2. The van der Waals surface area contributed by atoms with E-state index in [-0.39, 0.29) is 16.5 Å². The van der Waals surface area contributed by atoms with Crippen LogP contribution in [0.3, 0.4) is 0 Å². The van der Waals surface area contributed by atoms with Gasteiger partial charge in [-0.05, 0) is 18.2 Å².